The van der Waals surface area contributed by atoms with Gasteiger partial charge in [0.25, 0.3) is 5.91 Å². The molecule has 0 saturated heterocycles. The number of benzene rings is 1. The Hall–Kier alpha value is -2.44. The van der Waals surface area contributed by atoms with Crippen LogP contribution in [0.2, 0.25) is 0 Å². The Kier molecular flexibility index (Phi) is 3.69. The molecule has 2 aromatic rings. The van der Waals surface area contributed by atoms with E-state index in [1.165, 1.54) is 18.6 Å². The summed E-state index contributed by atoms with van der Waals surface area (Å²) >= 11 is 0. The number of anilines is 1. The highest BCUT2D eigenvalue weighted by molar-refractivity contribution is 5.94. The molecule has 0 bridgehead atoms. The van der Waals surface area contributed by atoms with Crippen molar-refractivity contribution in [1.29, 1.82) is 0 Å². The van der Waals surface area contributed by atoms with Crippen LogP contribution in [0.3, 0.4) is 0 Å². The molecular formula is C13H11F3N2O2. The summed E-state index contributed by atoms with van der Waals surface area (Å²) in [5.74, 6) is -0.614. The Morgan fingerprint density at radius 2 is 2.05 bits per heavy atom. The number of nitrogens with one attached hydrogen (secondary N) is 1. The molecule has 1 aromatic carbocycles. The number of amides is 1. The van der Waals surface area contributed by atoms with Crippen molar-refractivity contribution in [3.05, 3.63) is 53.5 Å². The van der Waals surface area contributed by atoms with E-state index in [9.17, 15) is 18.0 Å². The van der Waals surface area contributed by atoms with Gasteiger partial charge >= 0.3 is 6.18 Å². The van der Waals surface area contributed by atoms with Crippen molar-refractivity contribution in [2.75, 3.05) is 5.73 Å². The quantitative estimate of drug-likeness (QED) is 0.852. The first-order valence-corrected chi connectivity index (χ1v) is 5.64. The van der Waals surface area contributed by atoms with E-state index in [2.05, 4.69) is 5.32 Å². The molecule has 0 saturated carbocycles. The van der Waals surface area contributed by atoms with Crippen molar-refractivity contribution in [2.45, 2.75) is 12.7 Å². The van der Waals surface area contributed by atoms with Crippen LogP contribution >= 0.6 is 0 Å². The number of hydrogen-bond donors (Lipinski definition) is 2. The summed E-state index contributed by atoms with van der Waals surface area (Å²) in [4.78, 5) is 11.8. The van der Waals surface area contributed by atoms with Gasteiger partial charge in [-0.25, -0.2) is 0 Å². The predicted octanol–water partition coefficient (Wildman–Crippen LogP) is 2.81. The number of rotatable bonds is 3. The second kappa shape index (κ2) is 5.28. The SMILES string of the molecule is Nc1ccc(C(=O)NCc2ccoc2)cc1C(F)(F)F. The average Bonchev–Trinajstić information content (AvgIpc) is 2.88. The fourth-order valence-corrected chi connectivity index (χ4v) is 1.62. The van der Waals surface area contributed by atoms with E-state index < -0.39 is 23.3 Å². The minimum atomic E-state index is -4.59. The fourth-order valence-electron chi connectivity index (χ4n) is 1.62. The highest BCUT2D eigenvalue weighted by atomic mass is 19.4. The van der Waals surface area contributed by atoms with Crippen LogP contribution in [0, 0.1) is 0 Å². The largest absolute Gasteiger partial charge is 0.472 e. The third-order valence-corrected chi connectivity index (χ3v) is 2.65. The monoisotopic (exact) mass is 284 g/mol. The molecule has 0 atom stereocenters. The van der Waals surface area contributed by atoms with Gasteiger partial charge in [-0.2, -0.15) is 13.2 Å². The minimum Gasteiger partial charge on any atom is -0.472 e. The molecule has 20 heavy (non-hydrogen) atoms. The Labute approximate surface area is 112 Å². The number of alkyl halides is 3. The van der Waals surface area contributed by atoms with Crippen molar-refractivity contribution < 1.29 is 22.4 Å². The molecule has 3 N–H and O–H groups in total. The molecule has 1 amide bonds. The van der Waals surface area contributed by atoms with E-state index in [1.807, 2.05) is 0 Å². The van der Waals surface area contributed by atoms with Crippen LogP contribution in [0.1, 0.15) is 21.5 Å². The van der Waals surface area contributed by atoms with Crippen LogP contribution in [-0.2, 0) is 12.7 Å². The Morgan fingerprint density at radius 3 is 2.65 bits per heavy atom. The normalized spacial score (nSPS) is 11.3. The van der Waals surface area contributed by atoms with E-state index in [-0.39, 0.29) is 12.1 Å². The lowest BCUT2D eigenvalue weighted by Crippen LogP contribution is -2.23. The molecule has 0 fully saturated rings. The third-order valence-electron chi connectivity index (χ3n) is 2.65. The first kappa shape index (κ1) is 14.0. The number of furan rings is 1. The molecule has 0 unspecified atom stereocenters. The molecule has 0 aliphatic rings. The molecule has 7 heteroatoms. The summed E-state index contributed by atoms with van der Waals surface area (Å²) < 4.78 is 42.8. The Balaban J connectivity index is 2.14. The average molecular weight is 284 g/mol. The highest BCUT2D eigenvalue weighted by Crippen LogP contribution is 2.33. The zero-order chi connectivity index (χ0) is 14.8. The van der Waals surface area contributed by atoms with Crippen molar-refractivity contribution in [2.24, 2.45) is 0 Å². The lowest BCUT2D eigenvalue weighted by atomic mass is 10.1. The van der Waals surface area contributed by atoms with Gasteiger partial charge in [0.15, 0.2) is 0 Å². The summed E-state index contributed by atoms with van der Waals surface area (Å²) in [6, 6.07) is 4.69. The zero-order valence-corrected chi connectivity index (χ0v) is 10.2. The summed E-state index contributed by atoms with van der Waals surface area (Å²) in [6.45, 7) is 0.168. The maximum absolute atomic E-state index is 12.7. The van der Waals surface area contributed by atoms with E-state index >= 15 is 0 Å². The number of halogens is 3. The first-order chi connectivity index (χ1) is 9.38. The van der Waals surface area contributed by atoms with Crippen LogP contribution in [0.25, 0.3) is 0 Å². The molecular weight excluding hydrogens is 273 g/mol. The number of nitrogens with two attached hydrogens (primary N) is 1. The molecule has 1 aromatic heterocycles. The van der Waals surface area contributed by atoms with Crippen LogP contribution < -0.4 is 11.1 Å². The number of carbonyl (C=O) groups excluding carboxylic acids is 1. The van der Waals surface area contributed by atoms with E-state index in [1.54, 1.807) is 6.07 Å². The minimum absolute atomic E-state index is 0.102. The van der Waals surface area contributed by atoms with Crippen molar-refractivity contribution in [3.8, 4) is 0 Å². The van der Waals surface area contributed by atoms with Crippen molar-refractivity contribution in [1.82, 2.24) is 5.32 Å². The highest BCUT2D eigenvalue weighted by Gasteiger charge is 2.33. The molecule has 0 radical (unpaired) electrons. The molecule has 1 heterocycles. The van der Waals surface area contributed by atoms with E-state index in [0.29, 0.717) is 5.56 Å². The summed E-state index contributed by atoms with van der Waals surface area (Å²) in [6.07, 6.45) is -1.72. The molecule has 0 aliphatic heterocycles. The molecule has 106 valence electrons. The zero-order valence-electron chi connectivity index (χ0n) is 10.2. The predicted molar refractivity (Wildman–Crippen MR) is 65.7 cm³/mol. The second-order valence-electron chi connectivity index (χ2n) is 4.11. The maximum Gasteiger partial charge on any atom is 0.418 e. The van der Waals surface area contributed by atoms with Gasteiger partial charge in [0.1, 0.15) is 0 Å². The summed E-state index contributed by atoms with van der Waals surface area (Å²) in [7, 11) is 0. The molecule has 0 aliphatic carbocycles. The van der Waals surface area contributed by atoms with Crippen molar-refractivity contribution in [3.63, 3.8) is 0 Å². The van der Waals surface area contributed by atoms with Crippen molar-refractivity contribution >= 4 is 11.6 Å². The standard InChI is InChI=1S/C13H11F3N2O2/c14-13(15,16)10-5-9(1-2-11(10)17)12(19)18-6-8-3-4-20-7-8/h1-5,7H,6,17H2,(H,18,19). The number of nitrogen functional groups attached to an aromatic ring is 1. The third kappa shape index (κ3) is 3.11. The van der Waals surface area contributed by atoms with E-state index in [0.717, 1.165) is 12.1 Å². The number of carbonyl (C=O) groups is 1. The van der Waals surface area contributed by atoms with Crippen LogP contribution in [-0.4, -0.2) is 5.91 Å². The Morgan fingerprint density at radius 1 is 1.30 bits per heavy atom. The van der Waals surface area contributed by atoms with Gasteiger partial charge in [-0.3, -0.25) is 4.79 Å². The smallest absolute Gasteiger partial charge is 0.418 e. The maximum atomic E-state index is 12.7. The fraction of sp³-hybridized carbons (Fsp3) is 0.154. The van der Waals surface area contributed by atoms with Gasteiger partial charge < -0.3 is 15.5 Å². The summed E-state index contributed by atoms with van der Waals surface area (Å²) in [5, 5.41) is 2.49. The van der Waals surface area contributed by atoms with Gasteiger partial charge in [0.05, 0.1) is 18.1 Å². The van der Waals surface area contributed by atoms with E-state index in [4.69, 9.17) is 10.2 Å². The first-order valence-electron chi connectivity index (χ1n) is 5.64. The van der Waals surface area contributed by atoms with Gasteiger partial charge in [-0.1, -0.05) is 0 Å². The van der Waals surface area contributed by atoms with Crippen LogP contribution in [0.4, 0.5) is 18.9 Å². The van der Waals surface area contributed by atoms with Crippen LogP contribution in [0.15, 0.2) is 41.2 Å². The Bertz CT molecular complexity index is 607. The lowest BCUT2D eigenvalue weighted by Gasteiger charge is -2.11. The van der Waals surface area contributed by atoms with Gasteiger partial charge in [-0.05, 0) is 24.3 Å². The second-order valence-corrected chi connectivity index (χ2v) is 4.11. The molecule has 4 nitrogen and oxygen atoms in total. The lowest BCUT2D eigenvalue weighted by molar-refractivity contribution is -0.136. The summed E-state index contributed by atoms with van der Waals surface area (Å²) in [5.41, 5.74) is 4.44. The van der Waals surface area contributed by atoms with Gasteiger partial charge in [-0.15, -0.1) is 0 Å². The molecule has 0 spiro atoms. The van der Waals surface area contributed by atoms with Gasteiger partial charge in [0.2, 0.25) is 0 Å². The van der Waals surface area contributed by atoms with Crippen LogP contribution in [0.5, 0.6) is 0 Å². The number of hydrogen-bond acceptors (Lipinski definition) is 3. The van der Waals surface area contributed by atoms with Gasteiger partial charge in [0, 0.05) is 23.4 Å². The molecule has 2 rings (SSSR count). The topological polar surface area (TPSA) is 68.3 Å².